The first-order chi connectivity index (χ1) is 13.5. The summed E-state index contributed by atoms with van der Waals surface area (Å²) in [4.78, 5) is 35.6. The lowest BCUT2D eigenvalue weighted by Crippen LogP contribution is -2.26. The second-order valence-electron chi connectivity index (χ2n) is 5.63. The van der Waals surface area contributed by atoms with E-state index in [1.807, 2.05) is 6.07 Å². The first-order valence-corrected chi connectivity index (χ1v) is 8.28. The van der Waals surface area contributed by atoms with Crippen molar-refractivity contribution in [1.82, 2.24) is 9.78 Å². The summed E-state index contributed by atoms with van der Waals surface area (Å²) >= 11 is 0. The quantitative estimate of drug-likeness (QED) is 0.618. The number of nitrogens with one attached hydrogen (secondary N) is 1. The van der Waals surface area contributed by atoms with Crippen LogP contribution in [0.5, 0.6) is 5.75 Å². The number of methoxy groups -OCH3 is 1. The Kier molecular flexibility index (Phi) is 5.85. The highest BCUT2D eigenvalue weighted by atomic mass is 16.5. The standard InChI is InChI=1S/C19H17N3O6/c1-26-15-9-7-14(8-10-15)20-16(23)12-27-17(24)11-22-19(25)28-18(21-22)13-5-3-2-4-6-13/h2-10H,11-12H2,1H3,(H,20,23). The van der Waals surface area contributed by atoms with Crippen molar-refractivity contribution >= 4 is 17.6 Å². The van der Waals surface area contributed by atoms with Gasteiger partial charge in [-0.3, -0.25) is 9.59 Å². The number of amides is 1. The monoisotopic (exact) mass is 383 g/mol. The maximum atomic E-state index is 11.9. The van der Waals surface area contributed by atoms with Gasteiger partial charge >= 0.3 is 11.7 Å². The maximum Gasteiger partial charge on any atom is 0.437 e. The van der Waals surface area contributed by atoms with Crippen molar-refractivity contribution in [3.8, 4) is 17.2 Å². The van der Waals surface area contributed by atoms with Gasteiger partial charge in [-0.05, 0) is 36.4 Å². The van der Waals surface area contributed by atoms with Crippen LogP contribution in [0.3, 0.4) is 0 Å². The van der Waals surface area contributed by atoms with Gasteiger partial charge in [0.15, 0.2) is 6.61 Å². The molecule has 0 aliphatic carbocycles. The van der Waals surface area contributed by atoms with Gasteiger partial charge in [0.25, 0.3) is 5.91 Å². The Hall–Kier alpha value is -3.88. The van der Waals surface area contributed by atoms with Crippen molar-refractivity contribution in [2.45, 2.75) is 6.54 Å². The van der Waals surface area contributed by atoms with Crippen molar-refractivity contribution in [1.29, 1.82) is 0 Å². The lowest BCUT2D eigenvalue weighted by molar-refractivity contribution is -0.148. The molecule has 28 heavy (non-hydrogen) atoms. The van der Waals surface area contributed by atoms with Gasteiger partial charge in [0.1, 0.15) is 12.3 Å². The number of rotatable bonds is 7. The molecule has 3 rings (SSSR count). The fourth-order valence-electron chi connectivity index (χ4n) is 2.29. The molecule has 0 radical (unpaired) electrons. The van der Waals surface area contributed by atoms with Gasteiger partial charge in [-0.15, -0.1) is 5.10 Å². The molecule has 9 nitrogen and oxygen atoms in total. The Bertz CT molecular complexity index is 1010. The van der Waals surface area contributed by atoms with Crippen LogP contribution < -0.4 is 15.8 Å². The van der Waals surface area contributed by atoms with E-state index in [4.69, 9.17) is 13.9 Å². The van der Waals surface area contributed by atoms with Crippen molar-refractivity contribution in [2.75, 3.05) is 19.0 Å². The number of carbonyl (C=O) groups is 2. The lowest BCUT2D eigenvalue weighted by atomic mass is 10.2. The van der Waals surface area contributed by atoms with Gasteiger partial charge in [0.05, 0.1) is 7.11 Å². The van der Waals surface area contributed by atoms with Crippen molar-refractivity contribution in [3.05, 3.63) is 65.1 Å². The third-order valence-corrected chi connectivity index (χ3v) is 3.64. The molecule has 0 spiro atoms. The molecule has 0 saturated carbocycles. The summed E-state index contributed by atoms with van der Waals surface area (Å²) in [5.41, 5.74) is 1.13. The Morgan fingerprint density at radius 1 is 1.11 bits per heavy atom. The van der Waals surface area contributed by atoms with Crippen LogP contribution >= 0.6 is 0 Å². The number of carbonyl (C=O) groups excluding carboxylic acids is 2. The van der Waals surface area contributed by atoms with E-state index in [0.717, 1.165) is 4.68 Å². The number of hydrogen-bond donors (Lipinski definition) is 1. The van der Waals surface area contributed by atoms with E-state index in [1.165, 1.54) is 7.11 Å². The number of anilines is 1. The normalized spacial score (nSPS) is 10.3. The second kappa shape index (κ2) is 8.67. The van der Waals surface area contributed by atoms with Crippen LogP contribution in [0.2, 0.25) is 0 Å². The third kappa shape index (κ3) is 4.85. The Morgan fingerprint density at radius 2 is 1.82 bits per heavy atom. The lowest BCUT2D eigenvalue weighted by Gasteiger charge is -2.07. The highest BCUT2D eigenvalue weighted by Crippen LogP contribution is 2.15. The SMILES string of the molecule is COc1ccc(NC(=O)COC(=O)Cn2nc(-c3ccccc3)oc2=O)cc1. The molecule has 3 aromatic rings. The summed E-state index contributed by atoms with van der Waals surface area (Å²) in [6, 6.07) is 15.5. The molecule has 1 aromatic heterocycles. The molecule has 1 heterocycles. The molecule has 2 aromatic carbocycles. The van der Waals surface area contributed by atoms with Crippen LogP contribution in [-0.4, -0.2) is 35.4 Å². The molecule has 9 heteroatoms. The van der Waals surface area contributed by atoms with Gasteiger partial charge in [-0.25, -0.2) is 4.79 Å². The van der Waals surface area contributed by atoms with E-state index in [-0.39, 0.29) is 5.89 Å². The third-order valence-electron chi connectivity index (χ3n) is 3.64. The average Bonchev–Trinajstić information content (AvgIpc) is 3.08. The molecule has 144 valence electrons. The number of aromatic nitrogens is 2. The first-order valence-electron chi connectivity index (χ1n) is 8.28. The number of esters is 1. The number of nitrogens with zero attached hydrogens (tertiary/aromatic N) is 2. The van der Waals surface area contributed by atoms with Gasteiger partial charge in [0, 0.05) is 11.3 Å². The number of hydrogen-bond acceptors (Lipinski definition) is 7. The van der Waals surface area contributed by atoms with Gasteiger partial charge in [-0.1, -0.05) is 18.2 Å². The molecule has 1 amide bonds. The maximum absolute atomic E-state index is 11.9. The first kappa shape index (κ1) is 18.9. The van der Waals surface area contributed by atoms with Crippen LogP contribution in [0.1, 0.15) is 0 Å². The number of benzene rings is 2. The Labute approximate surface area is 159 Å². The molecule has 0 unspecified atom stereocenters. The molecule has 0 fully saturated rings. The predicted octanol–water partition coefficient (Wildman–Crippen LogP) is 1.69. The minimum Gasteiger partial charge on any atom is -0.497 e. The molecule has 0 atom stereocenters. The highest BCUT2D eigenvalue weighted by Gasteiger charge is 2.15. The molecule has 0 bridgehead atoms. The summed E-state index contributed by atoms with van der Waals surface area (Å²) in [6.07, 6.45) is 0. The van der Waals surface area contributed by atoms with Gasteiger partial charge in [-0.2, -0.15) is 4.68 Å². The van der Waals surface area contributed by atoms with E-state index in [1.54, 1.807) is 48.5 Å². The molecule has 0 saturated heterocycles. The summed E-state index contributed by atoms with van der Waals surface area (Å²) in [7, 11) is 1.54. The summed E-state index contributed by atoms with van der Waals surface area (Å²) in [6.45, 7) is -0.964. The van der Waals surface area contributed by atoms with Crippen LogP contribution in [0.15, 0.2) is 63.8 Å². The zero-order valence-corrected chi connectivity index (χ0v) is 15.0. The minimum absolute atomic E-state index is 0.0932. The molecular formula is C19H17N3O6. The largest absolute Gasteiger partial charge is 0.497 e. The fraction of sp³-hybridized carbons (Fsp3) is 0.158. The van der Waals surface area contributed by atoms with E-state index in [0.29, 0.717) is 17.0 Å². The van der Waals surface area contributed by atoms with Gasteiger partial charge < -0.3 is 19.2 Å². The topological polar surface area (TPSA) is 113 Å². The van der Waals surface area contributed by atoms with E-state index < -0.39 is 30.8 Å². The average molecular weight is 383 g/mol. The van der Waals surface area contributed by atoms with Crippen molar-refractivity contribution in [2.24, 2.45) is 0 Å². The predicted molar refractivity (Wildman–Crippen MR) is 98.8 cm³/mol. The van der Waals surface area contributed by atoms with Crippen LogP contribution in [-0.2, 0) is 20.9 Å². The van der Waals surface area contributed by atoms with Crippen LogP contribution in [0, 0.1) is 0 Å². The Balaban J connectivity index is 1.52. The van der Waals surface area contributed by atoms with Gasteiger partial charge in [0.2, 0.25) is 5.89 Å². The summed E-state index contributed by atoms with van der Waals surface area (Å²) < 4.78 is 15.8. The minimum atomic E-state index is -0.793. The fourth-order valence-corrected chi connectivity index (χ4v) is 2.29. The highest BCUT2D eigenvalue weighted by molar-refractivity contribution is 5.92. The zero-order valence-electron chi connectivity index (χ0n) is 15.0. The van der Waals surface area contributed by atoms with Crippen molar-refractivity contribution in [3.63, 3.8) is 0 Å². The van der Waals surface area contributed by atoms with Crippen molar-refractivity contribution < 1.29 is 23.5 Å². The molecule has 0 aliphatic rings. The molecule has 0 aliphatic heterocycles. The summed E-state index contributed by atoms with van der Waals surface area (Å²) in [5, 5.41) is 6.53. The van der Waals surface area contributed by atoms with Crippen LogP contribution in [0.4, 0.5) is 5.69 Å². The smallest absolute Gasteiger partial charge is 0.437 e. The Morgan fingerprint density at radius 3 is 2.50 bits per heavy atom. The van der Waals surface area contributed by atoms with E-state index in [9.17, 15) is 14.4 Å². The van der Waals surface area contributed by atoms with Crippen LogP contribution in [0.25, 0.3) is 11.5 Å². The van der Waals surface area contributed by atoms with E-state index >= 15 is 0 Å². The zero-order chi connectivity index (χ0) is 19.9. The molecular weight excluding hydrogens is 366 g/mol. The summed E-state index contributed by atoms with van der Waals surface area (Å²) in [5.74, 6) is -1.36. The second-order valence-corrected chi connectivity index (χ2v) is 5.63. The number of ether oxygens (including phenoxy) is 2. The van der Waals surface area contributed by atoms with E-state index in [2.05, 4.69) is 10.4 Å². The molecule has 1 N–H and O–H groups in total.